The summed E-state index contributed by atoms with van der Waals surface area (Å²) in [7, 11) is -4.06. The van der Waals surface area contributed by atoms with E-state index in [2.05, 4.69) is 31.9 Å². The minimum absolute atomic E-state index is 0.109. The van der Waals surface area contributed by atoms with Gasteiger partial charge in [0, 0.05) is 8.95 Å². The smallest absolute Gasteiger partial charge is 0.324 e. The number of benzene rings is 1. The Balaban J connectivity index is 3.14. The molecule has 0 saturated carbocycles. The third kappa shape index (κ3) is 4.25. The Morgan fingerprint density at radius 3 is 2.37 bits per heavy atom. The standard InChI is InChI=1S/C10H11Br2NO5S/c1-5(14)9(10(15)16)13-19(17,18)8-3-2-6(11)4-7(8)12/h2-5,9,13-14H,1H3,(H,15,16)/t5-,9+/m1/s1. The first-order valence-corrected chi connectivity index (χ1v) is 8.10. The van der Waals surface area contributed by atoms with E-state index in [1.807, 2.05) is 4.72 Å². The maximum atomic E-state index is 12.1. The summed E-state index contributed by atoms with van der Waals surface area (Å²) in [6, 6.07) is 2.74. The third-order valence-electron chi connectivity index (χ3n) is 2.21. The largest absolute Gasteiger partial charge is 0.480 e. The number of rotatable bonds is 5. The Morgan fingerprint density at radius 1 is 1.37 bits per heavy atom. The molecule has 1 rings (SSSR count). The fourth-order valence-corrected chi connectivity index (χ4v) is 4.29. The summed E-state index contributed by atoms with van der Waals surface area (Å²) in [5.41, 5.74) is 0. The number of hydrogen-bond acceptors (Lipinski definition) is 4. The number of carboxylic acid groups (broad SMARTS) is 1. The molecule has 19 heavy (non-hydrogen) atoms. The van der Waals surface area contributed by atoms with Crippen molar-refractivity contribution in [3.63, 3.8) is 0 Å². The van der Waals surface area contributed by atoms with Crippen LogP contribution in [0.15, 0.2) is 32.0 Å². The van der Waals surface area contributed by atoms with Gasteiger partial charge in [-0.2, -0.15) is 4.72 Å². The molecule has 2 atom stereocenters. The lowest BCUT2D eigenvalue weighted by atomic mass is 10.2. The number of aliphatic carboxylic acids is 1. The highest BCUT2D eigenvalue weighted by Crippen LogP contribution is 2.25. The summed E-state index contributed by atoms with van der Waals surface area (Å²) in [6.07, 6.45) is -1.36. The second-order valence-corrected chi connectivity index (χ2v) is 7.20. The maximum absolute atomic E-state index is 12.1. The average molecular weight is 417 g/mol. The summed E-state index contributed by atoms with van der Waals surface area (Å²) >= 11 is 6.27. The lowest BCUT2D eigenvalue weighted by Crippen LogP contribution is -2.47. The van der Waals surface area contributed by atoms with Crippen molar-refractivity contribution in [2.75, 3.05) is 0 Å². The van der Waals surface area contributed by atoms with Gasteiger partial charge < -0.3 is 10.2 Å². The summed E-state index contributed by atoms with van der Waals surface area (Å²) in [6.45, 7) is 1.19. The van der Waals surface area contributed by atoms with Gasteiger partial charge in [0.1, 0.15) is 6.04 Å². The number of carbonyl (C=O) groups is 1. The maximum Gasteiger partial charge on any atom is 0.324 e. The van der Waals surface area contributed by atoms with Gasteiger partial charge in [0.05, 0.1) is 11.0 Å². The van der Waals surface area contributed by atoms with Crippen LogP contribution in [0, 0.1) is 0 Å². The number of sulfonamides is 1. The summed E-state index contributed by atoms with van der Waals surface area (Å²) < 4.78 is 27.0. The van der Waals surface area contributed by atoms with Gasteiger partial charge >= 0.3 is 5.97 Å². The average Bonchev–Trinajstić information content (AvgIpc) is 2.24. The van der Waals surface area contributed by atoms with Gasteiger partial charge in [-0.3, -0.25) is 4.79 Å². The van der Waals surface area contributed by atoms with E-state index in [0.29, 0.717) is 4.47 Å². The van der Waals surface area contributed by atoms with E-state index < -0.39 is 28.1 Å². The van der Waals surface area contributed by atoms with Gasteiger partial charge in [0.15, 0.2) is 0 Å². The highest BCUT2D eigenvalue weighted by atomic mass is 79.9. The quantitative estimate of drug-likeness (QED) is 0.671. The monoisotopic (exact) mass is 415 g/mol. The predicted octanol–water partition coefficient (Wildman–Crippen LogP) is 1.32. The molecule has 1 aromatic carbocycles. The van der Waals surface area contributed by atoms with E-state index in [9.17, 15) is 18.3 Å². The van der Waals surface area contributed by atoms with Gasteiger partial charge in [0.25, 0.3) is 0 Å². The molecule has 0 bridgehead atoms. The van der Waals surface area contributed by atoms with E-state index in [4.69, 9.17) is 5.11 Å². The van der Waals surface area contributed by atoms with Crippen molar-refractivity contribution < 1.29 is 23.4 Å². The molecule has 0 aromatic heterocycles. The van der Waals surface area contributed by atoms with Gasteiger partial charge in [-0.15, -0.1) is 0 Å². The molecule has 0 radical (unpaired) electrons. The molecule has 3 N–H and O–H groups in total. The zero-order chi connectivity index (χ0) is 14.8. The van der Waals surface area contributed by atoms with Crippen LogP contribution in [0.3, 0.4) is 0 Å². The van der Waals surface area contributed by atoms with Crippen molar-refractivity contribution in [1.82, 2.24) is 4.72 Å². The summed E-state index contributed by atoms with van der Waals surface area (Å²) in [4.78, 5) is 10.8. The molecule has 0 amide bonds. The minimum atomic E-state index is -4.06. The second kappa shape index (κ2) is 6.31. The van der Waals surface area contributed by atoms with Crippen molar-refractivity contribution in [2.45, 2.75) is 24.0 Å². The van der Waals surface area contributed by atoms with Crippen LogP contribution in [0.5, 0.6) is 0 Å². The molecule has 0 unspecified atom stereocenters. The zero-order valence-electron chi connectivity index (χ0n) is 9.67. The van der Waals surface area contributed by atoms with Crippen LogP contribution in [0.1, 0.15) is 6.92 Å². The molecule has 0 spiro atoms. The Labute approximate surface area is 127 Å². The van der Waals surface area contributed by atoms with Crippen molar-refractivity contribution in [1.29, 1.82) is 0 Å². The SMILES string of the molecule is C[C@@H](O)[C@H](NS(=O)(=O)c1ccc(Br)cc1Br)C(=O)O. The summed E-state index contributed by atoms with van der Waals surface area (Å²) in [5.74, 6) is -1.45. The van der Waals surface area contributed by atoms with Crippen LogP contribution in [0.25, 0.3) is 0 Å². The van der Waals surface area contributed by atoms with E-state index in [1.54, 1.807) is 0 Å². The number of halogens is 2. The highest BCUT2D eigenvalue weighted by molar-refractivity contribution is 9.11. The molecule has 0 aliphatic carbocycles. The predicted molar refractivity (Wildman–Crippen MR) is 75.3 cm³/mol. The van der Waals surface area contributed by atoms with Crippen LogP contribution >= 0.6 is 31.9 Å². The first kappa shape index (κ1) is 16.6. The fourth-order valence-electron chi connectivity index (χ4n) is 1.28. The second-order valence-electron chi connectivity index (χ2n) is 3.75. The first-order chi connectivity index (χ1) is 8.65. The third-order valence-corrected chi connectivity index (χ3v) is 5.13. The molecule has 0 aliphatic heterocycles. The molecule has 6 nitrogen and oxygen atoms in total. The van der Waals surface area contributed by atoms with E-state index >= 15 is 0 Å². The molecular formula is C10H11Br2NO5S. The van der Waals surface area contributed by atoms with E-state index in [0.717, 1.165) is 0 Å². The van der Waals surface area contributed by atoms with Crippen molar-refractivity contribution >= 4 is 47.9 Å². The van der Waals surface area contributed by atoms with Crippen molar-refractivity contribution in [3.8, 4) is 0 Å². The molecule has 0 aliphatic rings. The number of nitrogens with one attached hydrogen (secondary N) is 1. The molecule has 0 fully saturated rings. The minimum Gasteiger partial charge on any atom is -0.480 e. The van der Waals surface area contributed by atoms with Crippen LogP contribution in [-0.2, 0) is 14.8 Å². The van der Waals surface area contributed by atoms with Crippen LogP contribution in [0.2, 0.25) is 0 Å². The van der Waals surface area contributed by atoms with Gasteiger partial charge in [-0.25, -0.2) is 8.42 Å². The number of aliphatic hydroxyl groups is 1. The van der Waals surface area contributed by atoms with E-state index in [1.165, 1.54) is 25.1 Å². The fraction of sp³-hybridized carbons (Fsp3) is 0.300. The number of carboxylic acids is 1. The van der Waals surface area contributed by atoms with Gasteiger partial charge in [-0.05, 0) is 41.1 Å². The number of hydrogen-bond donors (Lipinski definition) is 3. The Kier molecular flexibility index (Phi) is 5.51. The summed E-state index contributed by atoms with van der Waals surface area (Å²) in [5, 5.41) is 18.1. The molecule has 1 aromatic rings. The topological polar surface area (TPSA) is 104 Å². The zero-order valence-corrected chi connectivity index (χ0v) is 13.7. The first-order valence-electron chi connectivity index (χ1n) is 5.03. The molecular weight excluding hydrogens is 406 g/mol. The highest BCUT2D eigenvalue weighted by Gasteiger charge is 2.30. The van der Waals surface area contributed by atoms with Gasteiger partial charge in [-0.1, -0.05) is 15.9 Å². The molecule has 0 saturated heterocycles. The lowest BCUT2D eigenvalue weighted by molar-refractivity contribution is -0.141. The lowest BCUT2D eigenvalue weighted by Gasteiger charge is -2.17. The Morgan fingerprint density at radius 2 is 1.95 bits per heavy atom. The van der Waals surface area contributed by atoms with Crippen LogP contribution in [-0.4, -0.2) is 36.7 Å². The van der Waals surface area contributed by atoms with E-state index in [-0.39, 0.29) is 9.37 Å². The number of aliphatic hydroxyl groups excluding tert-OH is 1. The van der Waals surface area contributed by atoms with Crippen molar-refractivity contribution in [2.24, 2.45) is 0 Å². The van der Waals surface area contributed by atoms with Crippen LogP contribution < -0.4 is 4.72 Å². The normalized spacial score (nSPS) is 14.9. The molecule has 106 valence electrons. The molecule has 9 heteroatoms. The molecule has 0 heterocycles. The Bertz CT molecular complexity index is 588. The Hall–Kier alpha value is -0.480. The van der Waals surface area contributed by atoms with Crippen molar-refractivity contribution in [3.05, 3.63) is 27.1 Å². The van der Waals surface area contributed by atoms with Gasteiger partial charge in [0.2, 0.25) is 10.0 Å². The van der Waals surface area contributed by atoms with Crippen LogP contribution in [0.4, 0.5) is 0 Å².